The zero-order valence-electron chi connectivity index (χ0n) is 13.2. The van der Waals surface area contributed by atoms with Gasteiger partial charge in [0.1, 0.15) is 6.10 Å². The second kappa shape index (κ2) is 6.58. The first-order valence-electron chi connectivity index (χ1n) is 7.49. The van der Waals surface area contributed by atoms with Crippen LogP contribution in [-0.2, 0) is 19.0 Å². The number of hydrogen-bond acceptors (Lipinski definition) is 4. The molecule has 1 heterocycles. The van der Waals surface area contributed by atoms with Gasteiger partial charge in [0.15, 0.2) is 5.79 Å². The van der Waals surface area contributed by atoms with Crippen molar-refractivity contribution in [3.8, 4) is 0 Å². The molecule has 1 aliphatic heterocycles. The lowest BCUT2D eigenvalue weighted by atomic mass is 9.92. The molecule has 0 saturated carbocycles. The van der Waals surface area contributed by atoms with Crippen LogP contribution in [-0.4, -0.2) is 24.5 Å². The largest absolute Gasteiger partial charge is 0.466 e. The van der Waals surface area contributed by atoms with Gasteiger partial charge in [-0.3, -0.25) is 4.79 Å². The lowest BCUT2D eigenvalue weighted by Crippen LogP contribution is -2.28. The molecule has 3 atom stereocenters. The summed E-state index contributed by atoms with van der Waals surface area (Å²) in [5.41, 5.74) is 1.07. The van der Waals surface area contributed by atoms with Crippen molar-refractivity contribution in [2.24, 2.45) is 5.92 Å². The third-order valence-electron chi connectivity index (χ3n) is 3.61. The fourth-order valence-corrected chi connectivity index (χ4v) is 2.70. The first-order chi connectivity index (χ1) is 9.93. The van der Waals surface area contributed by atoms with Gasteiger partial charge in [-0.05, 0) is 32.3 Å². The van der Waals surface area contributed by atoms with Gasteiger partial charge in [0.05, 0.1) is 19.1 Å². The van der Waals surface area contributed by atoms with E-state index in [-0.39, 0.29) is 24.1 Å². The first-order valence-corrected chi connectivity index (χ1v) is 7.49. The van der Waals surface area contributed by atoms with Crippen molar-refractivity contribution in [2.45, 2.75) is 52.1 Å². The number of benzene rings is 1. The van der Waals surface area contributed by atoms with Crippen LogP contribution < -0.4 is 0 Å². The van der Waals surface area contributed by atoms with Crippen LogP contribution in [0.3, 0.4) is 0 Å². The van der Waals surface area contributed by atoms with Gasteiger partial charge in [-0.1, -0.05) is 37.3 Å². The molecule has 0 spiro atoms. The highest BCUT2D eigenvalue weighted by Gasteiger charge is 2.44. The molecule has 0 radical (unpaired) electrons. The van der Waals surface area contributed by atoms with Gasteiger partial charge in [-0.2, -0.15) is 0 Å². The third-order valence-corrected chi connectivity index (χ3v) is 3.61. The maximum Gasteiger partial charge on any atom is 0.306 e. The molecule has 0 aromatic heterocycles. The van der Waals surface area contributed by atoms with Crippen LogP contribution in [0, 0.1) is 5.92 Å². The van der Waals surface area contributed by atoms with Crippen LogP contribution in [0.1, 0.15) is 45.8 Å². The van der Waals surface area contributed by atoms with Gasteiger partial charge in [0.2, 0.25) is 0 Å². The summed E-state index contributed by atoms with van der Waals surface area (Å²) in [6.45, 7) is 8.02. The van der Waals surface area contributed by atoms with Crippen molar-refractivity contribution < 1.29 is 19.0 Å². The molecule has 0 unspecified atom stereocenters. The molecule has 0 amide bonds. The lowest BCUT2D eigenvalue weighted by Gasteiger charge is -2.23. The molecule has 21 heavy (non-hydrogen) atoms. The SMILES string of the molecule is CCOC(=O)C[C@H](C)[C@H]1OC(C)(C)O[C@@H]1c1ccccc1. The average Bonchev–Trinajstić information content (AvgIpc) is 2.76. The van der Waals surface area contributed by atoms with Gasteiger partial charge in [-0.15, -0.1) is 0 Å². The molecule has 1 aromatic carbocycles. The average molecular weight is 292 g/mol. The minimum absolute atomic E-state index is 0.0241. The number of rotatable bonds is 5. The van der Waals surface area contributed by atoms with E-state index in [1.54, 1.807) is 0 Å². The topological polar surface area (TPSA) is 44.8 Å². The Morgan fingerprint density at radius 3 is 2.57 bits per heavy atom. The zero-order valence-corrected chi connectivity index (χ0v) is 13.2. The predicted molar refractivity (Wildman–Crippen MR) is 79.6 cm³/mol. The highest BCUT2D eigenvalue weighted by molar-refractivity contribution is 5.69. The van der Waals surface area contributed by atoms with E-state index in [2.05, 4.69) is 0 Å². The summed E-state index contributed by atoms with van der Waals surface area (Å²) < 4.78 is 17.1. The normalized spacial score (nSPS) is 25.5. The van der Waals surface area contributed by atoms with Gasteiger partial charge in [-0.25, -0.2) is 0 Å². The Balaban J connectivity index is 2.13. The van der Waals surface area contributed by atoms with Crippen molar-refractivity contribution in [3.05, 3.63) is 35.9 Å². The fraction of sp³-hybridized carbons (Fsp3) is 0.588. The minimum atomic E-state index is -0.645. The molecule has 4 nitrogen and oxygen atoms in total. The van der Waals surface area contributed by atoms with E-state index in [9.17, 15) is 4.79 Å². The molecule has 1 aliphatic rings. The van der Waals surface area contributed by atoms with Crippen LogP contribution in [0.4, 0.5) is 0 Å². The number of ether oxygens (including phenoxy) is 3. The van der Waals surface area contributed by atoms with Crippen LogP contribution in [0.5, 0.6) is 0 Å². The van der Waals surface area contributed by atoms with E-state index in [0.717, 1.165) is 5.56 Å². The molecule has 116 valence electrons. The van der Waals surface area contributed by atoms with Gasteiger partial charge in [0, 0.05) is 0 Å². The van der Waals surface area contributed by atoms with Gasteiger partial charge in [0.25, 0.3) is 0 Å². The highest BCUT2D eigenvalue weighted by atomic mass is 16.8. The van der Waals surface area contributed by atoms with Gasteiger partial charge < -0.3 is 14.2 Å². The molecule has 1 saturated heterocycles. The Labute approximate surface area is 126 Å². The standard InChI is InChI=1S/C17H24O4/c1-5-19-14(18)11-12(2)15-16(21-17(3,4)20-15)13-9-7-6-8-10-13/h6-10,12,15-16H,5,11H2,1-4H3/t12-,15+,16+/m0/s1. The number of carbonyl (C=O) groups is 1. The van der Waals surface area contributed by atoms with Crippen LogP contribution in [0.15, 0.2) is 30.3 Å². The van der Waals surface area contributed by atoms with Crippen LogP contribution in [0.25, 0.3) is 0 Å². The maximum atomic E-state index is 11.7. The quantitative estimate of drug-likeness (QED) is 0.780. The molecular weight excluding hydrogens is 268 g/mol. The molecule has 0 aliphatic carbocycles. The highest BCUT2D eigenvalue weighted by Crippen LogP contribution is 2.42. The Kier molecular flexibility index (Phi) is 5.01. The molecule has 2 rings (SSSR count). The zero-order chi connectivity index (χ0) is 15.5. The van der Waals surface area contributed by atoms with Crippen molar-refractivity contribution in [3.63, 3.8) is 0 Å². The smallest absolute Gasteiger partial charge is 0.306 e. The third kappa shape index (κ3) is 4.05. The molecule has 0 N–H and O–H groups in total. The Hall–Kier alpha value is -1.39. The van der Waals surface area contributed by atoms with E-state index in [1.165, 1.54) is 0 Å². The van der Waals surface area contributed by atoms with Crippen molar-refractivity contribution >= 4 is 5.97 Å². The van der Waals surface area contributed by atoms with Gasteiger partial charge >= 0.3 is 5.97 Å². The summed E-state index contributed by atoms with van der Waals surface area (Å²) in [6.07, 6.45) is 0.0128. The van der Waals surface area contributed by atoms with E-state index < -0.39 is 5.79 Å². The Morgan fingerprint density at radius 1 is 1.29 bits per heavy atom. The summed E-state index contributed by atoms with van der Waals surface area (Å²) in [7, 11) is 0. The van der Waals surface area contributed by atoms with E-state index in [1.807, 2.05) is 58.0 Å². The predicted octanol–water partition coefficient (Wildman–Crippen LogP) is 3.47. The lowest BCUT2D eigenvalue weighted by molar-refractivity contribution is -0.155. The van der Waals surface area contributed by atoms with Crippen molar-refractivity contribution in [1.82, 2.24) is 0 Å². The van der Waals surface area contributed by atoms with Crippen molar-refractivity contribution in [2.75, 3.05) is 6.61 Å². The van der Waals surface area contributed by atoms with Crippen molar-refractivity contribution in [1.29, 1.82) is 0 Å². The maximum absolute atomic E-state index is 11.7. The number of esters is 1. The van der Waals surface area contributed by atoms with E-state index in [4.69, 9.17) is 14.2 Å². The summed E-state index contributed by atoms with van der Waals surface area (Å²) >= 11 is 0. The monoisotopic (exact) mass is 292 g/mol. The van der Waals surface area contributed by atoms with Crippen LogP contribution in [0.2, 0.25) is 0 Å². The Bertz CT molecular complexity index is 469. The number of hydrogen-bond donors (Lipinski definition) is 0. The molecule has 0 bridgehead atoms. The molecular formula is C17H24O4. The summed E-state index contributed by atoms with van der Waals surface area (Å²) in [4.78, 5) is 11.7. The molecule has 1 fully saturated rings. The number of carbonyl (C=O) groups excluding carboxylic acids is 1. The molecule has 4 heteroatoms. The summed E-state index contributed by atoms with van der Waals surface area (Å²) in [5, 5.41) is 0. The molecule has 1 aromatic rings. The second-order valence-electron chi connectivity index (χ2n) is 5.92. The second-order valence-corrected chi connectivity index (χ2v) is 5.92. The van der Waals surface area contributed by atoms with Crippen LogP contribution >= 0.6 is 0 Å². The first kappa shape index (κ1) is 16.0. The fourth-order valence-electron chi connectivity index (χ4n) is 2.70. The minimum Gasteiger partial charge on any atom is -0.466 e. The van der Waals surface area contributed by atoms with E-state index in [0.29, 0.717) is 13.0 Å². The van der Waals surface area contributed by atoms with E-state index >= 15 is 0 Å². The summed E-state index contributed by atoms with van der Waals surface area (Å²) in [5.74, 6) is -0.810. The Morgan fingerprint density at radius 2 is 1.95 bits per heavy atom. The summed E-state index contributed by atoms with van der Waals surface area (Å²) in [6, 6.07) is 9.99.